The molecule has 0 aromatic rings. The molecule has 0 saturated carbocycles. The molecule has 74 valence electrons. The van der Waals surface area contributed by atoms with Crippen molar-refractivity contribution in [3.63, 3.8) is 0 Å². The molecule has 0 aliphatic heterocycles. The topological polar surface area (TPSA) is 34.1 Å². The molecule has 0 N–H and O–H groups in total. The third-order valence-electron chi connectivity index (χ3n) is 2.67. The quantitative estimate of drug-likeness (QED) is 0.679. The Labute approximate surface area is 84.2 Å². The third kappa shape index (κ3) is 1.81. The molecule has 1 aliphatic rings. The summed E-state index contributed by atoms with van der Waals surface area (Å²) in [5, 5.41) is 0.492. The van der Waals surface area contributed by atoms with Gasteiger partial charge in [0.2, 0.25) is 0 Å². The van der Waals surface area contributed by atoms with E-state index in [-0.39, 0.29) is 5.92 Å². The van der Waals surface area contributed by atoms with Gasteiger partial charge >= 0.3 is 0 Å². The minimum atomic E-state index is -3.12. The van der Waals surface area contributed by atoms with Crippen molar-refractivity contribution in [2.45, 2.75) is 18.6 Å². The van der Waals surface area contributed by atoms with E-state index in [0.29, 0.717) is 5.03 Å². The van der Waals surface area contributed by atoms with Crippen LogP contribution in [0.5, 0.6) is 0 Å². The molecular weight excluding hydrogens is 208 g/mol. The summed E-state index contributed by atoms with van der Waals surface area (Å²) in [5.74, 6) is -0.0370. The van der Waals surface area contributed by atoms with Crippen LogP contribution in [-0.2, 0) is 9.84 Å². The Morgan fingerprint density at radius 2 is 2.08 bits per heavy atom. The van der Waals surface area contributed by atoms with Crippen molar-refractivity contribution >= 4 is 21.4 Å². The molecule has 2 atom stereocenters. The van der Waals surface area contributed by atoms with Crippen LogP contribution in [-0.4, -0.2) is 19.4 Å². The number of halogens is 1. The smallest absolute Gasteiger partial charge is 0.157 e. The largest absolute Gasteiger partial charge is 0.228 e. The summed E-state index contributed by atoms with van der Waals surface area (Å²) in [6.45, 7) is 3.57. The van der Waals surface area contributed by atoms with Crippen molar-refractivity contribution in [1.82, 2.24) is 0 Å². The highest BCUT2D eigenvalue weighted by Gasteiger charge is 2.39. The van der Waals surface area contributed by atoms with Gasteiger partial charge in [0, 0.05) is 11.3 Å². The van der Waals surface area contributed by atoms with Crippen molar-refractivity contribution in [1.29, 1.82) is 0 Å². The molecule has 1 aliphatic carbocycles. The van der Waals surface area contributed by atoms with E-state index >= 15 is 0 Å². The summed E-state index contributed by atoms with van der Waals surface area (Å²) >= 11 is 5.78. The Morgan fingerprint density at radius 3 is 2.46 bits per heavy atom. The third-order valence-corrected chi connectivity index (χ3v) is 4.99. The number of allylic oxidation sites excluding steroid dienone is 3. The van der Waals surface area contributed by atoms with Gasteiger partial charge < -0.3 is 0 Å². The lowest BCUT2D eigenvalue weighted by molar-refractivity contribution is 0.518. The van der Waals surface area contributed by atoms with Crippen LogP contribution in [0.4, 0.5) is 0 Å². The maximum absolute atomic E-state index is 11.5. The molecule has 0 radical (unpaired) electrons. The molecule has 0 amide bonds. The highest BCUT2D eigenvalue weighted by molar-refractivity contribution is 7.92. The molecule has 0 fully saturated rings. The average Bonchev–Trinajstić information content (AvgIpc) is 1.95. The minimum absolute atomic E-state index is 0.0370. The van der Waals surface area contributed by atoms with E-state index in [9.17, 15) is 8.42 Å². The van der Waals surface area contributed by atoms with Crippen LogP contribution in [0.1, 0.15) is 13.8 Å². The zero-order chi connectivity index (χ0) is 10.3. The van der Waals surface area contributed by atoms with Crippen molar-refractivity contribution < 1.29 is 8.42 Å². The summed E-state index contributed by atoms with van der Waals surface area (Å²) in [5.41, 5.74) is 0. The Kier molecular flexibility index (Phi) is 2.61. The molecule has 2 nitrogen and oxygen atoms in total. The predicted molar refractivity (Wildman–Crippen MR) is 55.5 cm³/mol. The summed E-state index contributed by atoms with van der Waals surface area (Å²) in [6, 6.07) is 0. The van der Waals surface area contributed by atoms with Crippen LogP contribution in [0.3, 0.4) is 0 Å². The number of hydrogen-bond donors (Lipinski definition) is 0. The maximum atomic E-state index is 11.5. The number of hydrogen-bond acceptors (Lipinski definition) is 2. The van der Waals surface area contributed by atoms with Gasteiger partial charge in [-0.2, -0.15) is 0 Å². The Morgan fingerprint density at radius 1 is 1.54 bits per heavy atom. The van der Waals surface area contributed by atoms with Crippen LogP contribution in [0.15, 0.2) is 23.3 Å². The lowest BCUT2D eigenvalue weighted by Gasteiger charge is -2.31. The van der Waals surface area contributed by atoms with Gasteiger partial charge in [0.15, 0.2) is 9.84 Å². The van der Waals surface area contributed by atoms with Gasteiger partial charge in [0.1, 0.15) is 0 Å². The van der Waals surface area contributed by atoms with Gasteiger partial charge in [-0.25, -0.2) is 8.42 Å². The molecule has 0 aromatic heterocycles. The zero-order valence-electron chi connectivity index (χ0n) is 7.91. The molecule has 0 heterocycles. The van der Waals surface area contributed by atoms with Crippen molar-refractivity contribution in [2.24, 2.45) is 5.92 Å². The lowest BCUT2D eigenvalue weighted by Crippen LogP contribution is -2.39. The molecule has 0 saturated heterocycles. The summed E-state index contributed by atoms with van der Waals surface area (Å²) in [6.07, 6.45) is 6.40. The molecule has 0 aromatic carbocycles. The maximum Gasteiger partial charge on any atom is 0.157 e. The van der Waals surface area contributed by atoms with Crippen LogP contribution in [0.25, 0.3) is 0 Å². The standard InChI is InChI=1S/C9H13ClO2S/c1-7-4-5-8(10)6-9(7,2)13(3,11)12/h4-7H,1-3H3. The van der Waals surface area contributed by atoms with Gasteiger partial charge in [-0.05, 0) is 25.0 Å². The Balaban J connectivity index is 3.25. The lowest BCUT2D eigenvalue weighted by atomic mass is 9.91. The van der Waals surface area contributed by atoms with Crippen LogP contribution in [0, 0.1) is 5.92 Å². The molecule has 4 heteroatoms. The van der Waals surface area contributed by atoms with E-state index in [1.807, 2.05) is 13.0 Å². The first-order chi connectivity index (χ1) is 5.77. The number of rotatable bonds is 1. The fraction of sp³-hybridized carbons (Fsp3) is 0.556. The molecular formula is C9H13ClO2S. The molecule has 2 unspecified atom stereocenters. The van der Waals surface area contributed by atoms with Crippen LogP contribution < -0.4 is 0 Å². The normalized spacial score (nSPS) is 34.5. The Hall–Kier alpha value is -0.280. The minimum Gasteiger partial charge on any atom is -0.228 e. The molecule has 0 bridgehead atoms. The monoisotopic (exact) mass is 220 g/mol. The molecule has 0 spiro atoms. The first kappa shape index (κ1) is 10.8. The van der Waals surface area contributed by atoms with Crippen molar-refractivity contribution in [3.05, 3.63) is 23.3 Å². The summed E-state index contributed by atoms with van der Waals surface area (Å²) in [4.78, 5) is 0. The van der Waals surface area contributed by atoms with Gasteiger partial charge in [0.05, 0.1) is 4.75 Å². The highest BCUT2D eigenvalue weighted by Crippen LogP contribution is 2.34. The van der Waals surface area contributed by atoms with E-state index in [1.54, 1.807) is 19.1 Å². The zero-order valence-corrected chi connectivity index (χ0v) is 9.48. The first-order valence-electron chi connectivity index (χ1n) is 4.03. The van der Waals surface area contributed by atoms with Gasteiger partial charge in [-0.1, -0.05) is 24.6 Å². The van der Waals surface area contributed by atoms with E-state index in [4.69, 9.17) is 11.6 Å². The second-order valence-corrected chi connectivity index (χ2v) is 6.49. The van der Waals surface area contributed by atoms with E-state index < -0.39 is 14.6 Å². The van der Waals surface area contributed by atoms with E-state index in [0.717, 1.165) is 0 Å². The first-order valence-corrected chi connectivity index (χ1v) is 6.30. The van der Waals surface area contributed by atoms with Crippen molar-refractivity contribution in [3.8, 4) is 0 Å². The van der Waals surface area contributed by atoms with Gasteiger partial charge in [-0.3, -0.25) is 0 Å². The van der Waals surface area contributed by atoms with E-state index in [2.05, 4.69) is 0 Å². The van der Waals surface area contributed by atoms with Crippen LogP contribution >= 0.6 is 11.6 Å². The molecule has 13 heavy (non-hydrogen) atoms. The second kappa shape index (κ2) is 3.14. The van der Waals surface area contributed by atoms with E-state index in [1.165, 1.54) is 6.26 Å². The predicted octanol–water partition coefficient (Wildman–Crippen LogP) is 2.12. The average molecular weight is 221 g/mol. The van der Waals surface area contributed by atoms with Gasteiger partial charge in [-0.15, -0.1) is 0 Å². The fourth-order valence-corrected chi connectivity index (χ4v) is 2.78. The van der Waals surface area contributed by atoms with Gasteiger partial charge in [0.25, 0.3) is 0 Å². The number of sulfone groups is 1. The van der Waals surface area contributed by atoms with Crippen LogP contribution in [0.2, 0.25) is 0 Å². The SMILES string of the molecule is CC1C=CC(Cl)=CC1(C)S(C)(=O)=O. The highest BCUT2D eigenvalue weighted by atomic mass is 35.5. The fourth-order valence-electron chi connectivity index (χ4n) is 1.33. The summed E-state index contributed by atoms with van der Waals surface area (Å²) in [7, 11) is -3.12. The second-order valence-electron chi connectivity index (χ2n) is 3.63. The molecule has 1 rings (SSSR count). The summed E-state index contributed by atoms with van der Waals surface area (Å²) < 4.78 is 22.2. The van der Waals surface area contributed by atoms with Crippen molar-refractivity contribution in [2.75, 3.05) is 6.26 Å². The Bertz CT molecular complexity index is 367.